The number of carbonyl (C=O) groups is 2. The molecule has 0 aliphatic carbocycles. The van der Waals surface area contributed by atoms with Gasteiger partial charge in [0.15, 0.2) is 0 Å². The lowest BCUT2D eigenvalue weighted by molar-refractivity contribution is -0.126. The van der Waals surface area contributed by atoms with Crippen LogP contribution in [0.2, 0.25) is 0 Å². The Morgan fingerprint density at radius 1 is 1.27 bits per heavy atom. The highest BCUT2D eigenvalue weighted by molar-refractivity contribution is 5.84. The Bertz CT molecular complexity index is 346. The number of rotatable bonds is 5. The second-order valence-corrected chi connectivity index (χ2v) is 3.70. The predicted molar refractivity (Wildman–Crippen MR) is 58.1 cm³/mol. The highest BCUT2D eigenvalue weighted by Crippen LogP contribution is 2.12. The van der Waals surface area contributed by atoms with E-state index in [0.717, 1.165) is 5.56 Å². The minimum absolute atomic E-state index is 0.00488. The molecule has 1 aromatic rings. The molecule has 0 saturated carbocycles. The molecule has 1 rings (SSSR count). The number of amides is 1. The first-order valence-electron chi connectivity index (χ1n) is 4.92. The van der Waals surface area contributed by atoms with E-state index in [1.807, 2.05) is 30.3 Å². The molecule has 0 heterocycles. The molecule has 2 N–H and O–H groups in total. The molecule has 15 heavy (non-hydrogen) atoms. The van der Waals surface area contributed by atoms with Crippen molar-refractivity contribution in [3.63, 3.8) is 0 Å². The van der Waals surface area contributed by atoms with Crippen LogP contribution in [0.3, 0.4) is 0 Å². The van der Waals surface area contributed by atoms with Crippen molar-refractivity contribution in [3.8, 4) is 0 Å². The van der Waals surface area contributed by atoms with Gasteiger partial charge in [0, 0.05) is 12.3 Å². The molecule has 3 nitrogen and oxygen atoms in total. The summed E-state index contributed by atoms with van der Waals surface area (Å²) in [5, 5.41) is 0. The summed E-state index contributed by atoms with van der Waals surface area (Å²) in [6.45, 7) is 1.47. The van der Waals surface area contributed by atoms with Gasteiger partial charge in [-0.05, 0) is 18.9 Å². The Kier molecular flexibility index (Phi) is 4.03. The summed E-state index contributed by atoms with van der Waals surface area (Å²) in [7, 11) is 0. The van der Waals surface area contributed by atoms with Crippen LogP contribution >= 0.6 is 0 Å². The summed E-state index contributed by atoms with van der Waals surface area (Å²) in [5.41, 5.74) is 6.27. The van der Waals surface area contributed by atoms with E-state index >= 15 is 0 Å². The van der Waals surface area contributed by atoms with Gasteiger partial charge in [-0.15, -0.1) is 0 Å². The maximum absolute atomic E-state index is 11.1. The second-order valence-electron chi connectivity index (χ2n) is 3.70. The zero-order chi connectivity index (χ0) is 11.3. The SMILES string of the molecule is CC(=O)C[C@@H](Cc1ccccc1)C(N)=O. The highest BCUT2D eigenvalue weighted by atomic mass is 16.1. The van der Waals surface area contributed by atoms with Gasteiger partial charge in [-0.1, -0.05) is 30.3 Å². The molecule has 0 fully saturated rings. The molecule has 0 bridgehead atoms. The van der Waals surface area contributed by atoms with Crippen LogP contribution in [0.1, 0.15) is 18.9 Å². The molecule has 0 aliphatic heterocycles. The van der Waals surface area contributed by atoms with Crippen LogP contribution in [0, 0.1) is 5.92 Å². The van der Waals surface area contributed by atoms with Gasteiger partial charge in [-0.25, -0.2) is 0 Å². The van der Waals surface area contributed by atoms with Crippen molar-refractivity contribution in [2.24, 2.45) is 11.7 Å². The van der Waals surface area contributed by atoms with Crippen LogP contribution in [0.5, 0.6) is 0 Å². The zero-order valence-electron chi connectivity index (χ0n) is 8.77. The molecule has 0 radical (unpaired) electrons. The lowest BCUT2D eigenvalue weighted by atomic mass is 9.94. The molecule has 80 valence electrons. The molecule has 0 aliphatic rings. The molecule has 0 saturated heterocycles. The lowest BCUT2D eigenvalue weighted by Crippen LogP contribution is -2.26. The normalized spacial score (nSPS) is 12.1. The average Bonchev–Trinajstić information content (AvgIpc) is 2.17. The fourth-order valence-electron chi connectivity index (χ4n) is 1.52. The molecule has 1 amide bonds. The fourth-order valence-corrected chi connectivity index (χ4v) is 1.52. The molecule has 0 unspecified atom stereocenters. The van der Waals surface area contributed by atoms with Gasteiger partial charge in [0.05, 0.1) is 0 Å². The van der Waals surface area contributed by atoms with Crippen molar-refractivity contribution in [2.75, 3.05) is 0 Å². The molecular formula is C12H15NO2. The standard InChI is InChI=1S/C12H15NO2/c1-9(14)7-11(12(13)15)8-10-5-3-2-4-6-10/h2-6,11H,7-8H2,1H3,(H2,13,15)/t11-/m0/s1. The van der Waals surface area contributed by atoms with E-state index in [0.29, 0.717) is 6.42 Å². The van der Waals surface area contributed by atoms with Crippen LogP contribution in [0.25, 0.3) is 0 Å². The van der Waals surface area contributed by atoms with E-state index in [9.17, 15) is 9.59 Å². The Morgan fingerprint density at radius 3 is 2.33 bits per heavy atom. The summed E-state index contributed by atoms with van der Waals surface area (Å²) in [6.07, 6.45) is 0.764. The Morgan fingerprint density at radius 2 is 1.87 bits per heavy atom. The number of carbonyl (C=O) groups excluding carboxylic acids is 2. The smallest absolute Gasteiger partial charge is 0.221 e. The number of nitrogens with two attached hydrogens (primary N) is 1. The van der Waals surface area contributed by atoms with Crippen molar-refractivity contribution >= 4 is 11.7 Å². The van der Waals surface area contributed by atoms with Crippen LogP contribution in [0.15, 0.2) is 30.3 Å². The number of hydrogen-bond donors (Lipinski definition) is 1. The second kappa shape index (κ2) is 5.29. The monoisotopic (exact) mass is 205 g/mol. The minimum atomic E-state index is -0.408. The number of primary amides is 1. The number of hydrogen-bond acceptors (Lipinski definition) is 2. The van der Waals surface area contributed by atoms with Crippen LogP contribution in [0.4, 0.5) is 0 Å². The zero-order valence-corrected chi connectivity index (χ0v) is 8.77. The van der Waals surface area contributed by atoms with Crippen molar-refractivity contribution in [2.45, 2.75) is 19.8 Å². The summed E-state index contributed by atoms with van der Waals surface area (Å²) in [6, 6.07) is 9.57. The fraction of sp³-hybridized carbons (Fsp3) is 0.333. The molecular weight excluding hydrogens is 190 g/mol. The molecule has 1 atom stereocenters. The summed E-state index contributed by atoms with van der Waals surface area (Å²) in [4.78, 5) is 22.1. The van der Waals surface area contributed by atoms with E-state index < -0.39 is 5.91 Å². The Hall–Kier alpha value is -1.64. The van der Waals surface area contributed by atoms with Crippen molar-refractivity contribution in [1.29, 1.82) is 0 Å². The van der Waals surface area contributed by atoms with Crippen LogP contribution < -0.4 is 5.73 Å². The van der Waals surface area contributed by atoms with Crippen LogP contribution in [-0.2, 0) is 16.0 Å². The average molecular weight is 205 g/mol. The molecule has 1 aromatic carbocycles. The third kappa shape index (κ3) is 3.94. The Balaban J connectivity index is 2.67. The predicted octanol–water partition coefficient (Wildman–Crippen LogP) is 1.31. The summed E-state index contributed by atoms with van der Waals surface area (Å²) in [5.74, 6) is -0.798. The Labute approximate surface area is 89.3 Å². The lowest BCUT2D eigenvalue weighted by Gasteiger charge is -2.11. The minimum Gasteiger partial charge on any atom is -0.369 e. The number of Topliss-reactive ketones (excluding diaryl/α,β-unsaturated/α-hetero) is 1. The van der Waals surface area contributed by atoms with E-state index in [2.05, 4.69) is 0 Å². The van der Waals surface area contributed by atoms with E-state index in [1.165, 1.54) is 6.92 Å². The van der Waals surface area contributed by atoms with Crippen molar-refractivity contribution < 1.29 is 9.59 Å². The van der Waals surface area contributed by atoms with Crippen LogP contribution in [-0.4, -0.2) is 11.7 Å². The van der Waals surface area contributed by atoms with Gasteiger partial charge in [0.2, 0.25) is 5.91 Å². The number of ketones is 1. The van der Waals surface area contributed by atoms with Gasteiger partial charge >= 0.3 is 0 Å². The van der Waals surface area contributed by atoms with Crippen molar-refractivity contribution in [1.82, 2.24) is 0 Å². The number of benzene rings is 1. The first-order chi connectivity index (χ1) is 7.09. The maximum Gasteiger partial charge on any atom is 0.221 e. The topological polar surface area (TPSA) is 60.2 Å². The summed E-state index contributed by atoms with van der Waals surface area (Å²) >= 11 is 0. The maximum atomic E-state index is 11.1. The van der Waals surface area contributed by atoms with E-state index in [-0.39, 0.29) is 18.1 Å². The quantitative estimate of drug-likeness (QED) is 0.787. The third-order valence-corrected chi connectivity index (χ3v) is 2.26. The molecule has 3 heteroatoms. The first-order valence-corrected chi connectivity index (χ1v) is 4.92. The molecule has 0 aromatic heterocycles. The summed E-state index contributed by atoms with van der Waals surface area (Å²) < 4.78 is 0. The van der Waals surface area contributed by atoms with Gasteiger partial charge in [0.1, 0.15) is 5.78 Å². The van der Waals surface area contributed by atoms with E-state index in [4.69, 9.17) is 5.73 Å². The molecule has 0 spiro atoms. The highest BCUT2D eigenvalue weighted by Gasteiger charge is 2.17. The third-order valence-electron chi connectivity index (χ3n) is 2.26. The van der Waals surface area contributed by atoms with Gasteiger partial charge in [0.25, 0.3) is 0 Å². The first kappa shape index (κ1) is 11.4. The van der Waals surface area contributed by atoms with Gasteiger partial charge in [-0.3, -0.25) is 4.79 Å². The van der Waals surface area contributed by atoms with Crippen molar-refractivity contribution in [3.05, 3.63) is 35.9 Å². The van der Waals surface area contributed by atoms with E-state index in [1.54, 1.807) is 0 Å². The largest absolute Gasteiger partial charge is 0.369 e. The van der Waals surface area contributed by atoms with Gasteiger partial charge in [-0.2, -0.15) is 0 Å². The van der Waals surface area contributed by atoms with Gasteiger partial charge < -0.3 is 10.5 Å².